The molecular formula is C8H13NO2. The first-order valence-electron chi connectivity index (χ1n) is 4.15. The molecule has 3 nitrogen and oxygen atoms in total. The van der Waals surface area contributed by atoms with Gasteiger partial charge in [-0.1, -0.05) is 0 Å². The lowest BCUT2D eigenvalue weighted by Gasteiger charge is -2.05. The predicted octanol–water partition coefficient (Wildman–Crippen LogP) is 0.603. The highest BCUT2D eigenvalue weighted by Gasteiger charge is 2.48. The average Bonchev–Trinajstić information content (AvgIpc) is 2.51. The summed E-state index contributed by atoms with van der Waals surface area (Å²) >= 11 is 0. The molecule has 0 bridgehead atoms. The van der Waals surface area contributed by atoms with Crippen LogP contribution in [0, 0.1) is 5.41 Å². The molecule has 1 spiro atoms. The molecule has 1 aliphatic heterocycles. The van der Waals surface area contributed by atoms with Crippen molar-refractivity contribution in [1.29, 1.82) is 0 Å². The fourth-order valence-corrected chi connectivity index (χ4v) is 1.94. The molecule has 2 N–H and O–H groups in total. The first-order valence-corrected chi connectivity index (χ1v) is 4.15. The average molecular weight is 155 g/mol. The molecule has 2 fully saturated rings. The van der Waals surface area contributed by atoms with Crippen LogP contribution in [-0.2, 0) is 4.79 Å². The minimum atomic E-state index is -0.680. The summed E-state index contributed by atoms with van der Waals surface area (Å²) in [7, 11) is 0. The summed E-state index contributed by atoms with van der Waals surface area (Å²) in [6.45, 7) is 1.05. The van der Waals surface area contributed by atoms with Crippen molar-refractivity contribution in [2.75, 3.05) is 6.54 Å². The van der Waals surface area contributed by atoms with Crippen molar-refractivity contribution in [3.05, 3.63) is 0 Å². The highest BCUT2D eigenvalue weighted by Crippen LogP contribution is 2.52. The lowest BCUT2D eigenvalue weighted by atomic mass is 10.0. The van der Waals surface area contributed by atoms with Crippen LogP contribution in [-0.4, -0.2) is 23.7 Å². The van der Waals surface area contributed by atoms with Gasteiger partial charge in [0.05, 0.1) is 6.42 Å². The second-order valence-electron chi connectivity index (χ2n) is 3.88. The Balaban J connectivity index is 1.85. The molecule has 0 amide bonds. The third-order valence-corrected chi connectivity index (χ3v) is 2.82. The first-order chi connectivity index (χ1) is 5.20. The number of hydrogen-bond donors (Lipinski definition) is 2. The third kappa shape index (κ3) is 1.38. The number of carboxylic acid groups (broad SMARTS) is 1. The molecule has 1 unspecified atom stereocenters. The summed E-state index contributed by atoms with van der Waals surface area (Å²) in [5, 5.41) is 11.8. The minimum absolute atomic E-state index is 0.245. The van der Waals surface area contributed by atoms with Gasteiger partial charge in [0.1, 0.15) is 0 Å². The summed E-state index contributed by atoms with van der Waals surface area (Å²) < 4.78 is 0. The summed E-state index contributed by atoms with van der Waals surface area (Å²) in [5.41, 5.74) is 0.528. The van der Waals surface area contributed by atoms with Crippen LogP contribution in [0.15, 0.2) is 0 Å². The van der Waals surface area contributed by atoms with Gasteiger partial charge in [0, 0.05) is 12.6 Å². The molecule has 0 aromatic rings. The molecule has 1 saturated carbocycles. The van der Waals surface area contributed by atoms with Crippen molar-refractivity contribution in [1.82, 2.24) is 5.32 Å². The number of aliphatic carboxylic acids is 1. The Morgan fingerprint density at radius 1 is 1.64 bits per heavy atom. The van der Waals surface area contributed by atoms with Crippen molar-refractivity contribution < 1.29 is 9.90 Å². The molecule has 1 atom stereocenters. The van der Waals surface area contributed by atoms with E-state index in [9.17, 15) is 4.79 Å². The second kappa shape index (κ2) is 2.21. The largest absolute Gasteiger partial charge is 0.481 e. The van der Waals surface area contributed by atoms with Gasteiger partial charge in [-0.3, -0.25) is 4.79 Å². The monoisotopic (exact) mass is 155 g/mol. The van der Waals surface area contributed by atoms with E-state index in [0.29, 0.717) is 11.8 Å². The van der Waals surface area contributed by atoms with E-state index in [4.69, 9.17) is 5.11 Å². The smallest absolute Gasteiger partial charge is 0.304 e. The molecule has 0 aromatic heterocycles. The first kappa shape index (κ1) is 7.10. The van der Waals surface area contributed by atoms with Gasteiger partial charge in [-0.15, -0.1) is 0 Å². The van der Waals surface area contributed by atoms with E-state index in [0.717, 1.165) is 13.0 Å². The third-order valence-electron chi connectivity index (χ3n) is 2.82. The second-order valence-corrected chi connectivity index (χ2v) is 3.88. The molecule has 1 heterocycles. The van der Waals surface area contributed by atoms with E-state index >= 15 is 0 Å². The lowest BCUT2D eigenvalue weighted by molar-refractivity contribution is -0.137. The van der Waals surface area contributed by atoms with Crippen molar-refractivity contribution in [2.45, 2.75) is 31.7 Å². The van der Waals surface area contributed by atoms with Crippen molar-refractivity contribution >= 4 is 5.97 Å². The Hall–Kier alpha value is -0.570. The summed E-state index contributed by atoms with van der Waals surface area (Å²) in [6.07, 6.45) is 3.98. The van der Waals surface area contributed by atoms with Crippen LogP contribution in [0.3, 0.4) is 0 Å². The van der Waals surface area contributed by atoms with Gasteiger partial charge in [-0.05, 0) is 24.7 Å². The number of carboxylic acids is 1. The van der Waals surface area contributed by atoms with Crippen LogP contribution in [0.5, 0.6) is 0 Å². The summed E-state index contributed by atoms with van der Waals surface area (Å²) in [6, 6.07) is 0.245. The highest BCUT2D eigenvalue weighted by molar-refractivity contribution is 5.67. The van der Waals surface area contributed by atoms with Crippen molar-refractivity contribution in [3.8, 4) is 0 Å². The maximum Gasteiger partial charge on any atom is 0.304 e. The maximum absolute atomic E-state index is 10.3. The van der Waals surface area contributed by atoms with Gasteiger partial charge in [0.2, 0.25) is 0 Å². The lowest BCUT2D eigenvalue weighted by Crippen LogP contribution is -2.24. The zero-order valence-corrected chi connectivity index (χ0v) is 6.47. The van der Waals surface area contributed by atoms with Crippen LogP contribution >= 0.6 is 0 Å². The zero-order valence-electron chi connectivity index (χ0n) is 6.47. The Kier molecular flexibility index (Phi) is 1.42. The van der Waals surface area contributed by atoms with E-state index < -0.39 is 5.97 Å². The number of rotatable bonds is 2. The van der Waals surface area contributed by atoms with Gasteiger partial charge < -0.3 is 10.4 Å². The quantitative estimate of drug-likeness (QED) is 0.614. The summed E-state index contributed by atoms with van der Waals surface area (Å²) in [5.74, 6) is -0.680. The Morgan fingerprint density at radius 2 is 2.36 bits per heavy atom. The molecule has 3 heteroatoms. The molecule has 0 radical (unpaired) electrons. The Morgan fingerprint density at radius 3 is 2.82 bits per heavy atom. The van der Waals surface area contributed by atoms with Gasteiger partial charge in [0.25, 0.3) is 0 Å². The molecule has 11 heavy (non-hydrogen) atoms. The predicted molar refractivity (Wildman–Crippen MR) is 40.3 cm³/mol. The van der Waals surface area contributed by atoms with E-state index in [1.165, 1.54) is 12.8 Å². The molecular weight excluding hydrogens is 142 g/mol. The summed E-state index contributed by atoms with van der Waals surface area (Å²) in [4.78, 5) is 10.3. The van der Waals surface area contributed by atoms with Gasteiger partial charge in [-0.25, -0.2) is 0 Å². The molecule has 1 aliphatic carbocycles. The van der Waals surface area contributed by atoms with Crippen LogP contribution in [0.2, 0.25) is 0 Å². The fraction of sp³-hybridized carbons (Fsp3) is 0.875. The van der Waals surface area contributed by atoms with Crippen LogP contribution in [0.1, 0.15) is 25.7 Å². The van der Waals surface area contributed by atoms with E-state index in [-0.39, 0.29) is 6.04 Å². The number of carbonyl (C=O) groups is 1. The Labute approximate surface area is 65.8 Å². The maximum atomic E-state index is 10.3. The van der Waals surface area contributed by atoms with Gasteiger partial charge >= 0.3 is 5.97 Å². The normalized spacial score (nSPS) is 32.5. The standard InChI is InChI=1S/C8H13NO2/c10-7(11)3-6-4-8(1-2-8)5-9-6/h6,9H,1-5H2,(H,10,11). The SMILES string of the molecule is O=C(O)CC1CC2(CC2)CN1. The van der Waals surface area contributed by atoms with Crippen molar-refractivity contribution in [2.24, 2.45) is 5.41 Å². The van der Waals surface area contributed by atoms with Gasteiger partial charge in [-0.2, -0.15) is 0 Å². The zero-order chi connectivity index (χ0) is 7.90. The molecule has 2 rings (SSSR count). The van der Waals surface area contributed by atoms with E-state index in [1.807, 2.05) is 0 Å². The topological polar surface area (TPSA) is 49.3 Å². The van der Waals surface area contributed by atoms with Gasteiger partial charge in [0.15, 0.2) is 0 Å². The van der Waals surface area contributed by atoms with E-state index in [2.05, 4.69) is 5.32 Å². The minimum Gasteiger partial charge on any atom is -0.481 e. The molecule has 1 saturated heterocycles. The molecule has 0 aromatic carbocycles. The van der Waals surface area contributed by atoms with Crippen molar-refractivity contribution in [3.63, 3.8) is 0 Å². The van der Waals surface area contributed by atoms with Crippen LogP contribution in [0.4, 0.5) is 0 Å². The number of hydrogen-bond acceptors (Lipinski definition) is 2. The van der Waals surface area contributed by atoms with E-state index in [1.54, 1.807) is 0 Å². The Bertz CT molecular complexity index is 187. The molecule has 2 aliphatic rings. The molecule has 62 valence electrons. The highest BCUT2D eigenvalue weighted by atomic mass is 16.4. The van der Waals surface area contributed by atoms with Crippen LogP contribution < -0.4 is 5.32 Å². The fourth-order valence-electron chi connectivity index (χ4n) is 1.94. The number of nitrogens with one attached hydrogen (secondary N) is 1. The van der Waals surface area contributed by atoms with Crippen LogP contribution in [0.25, 0.3) is 0 Å².